The molecule has 1 N–H and O–H groups in total. The normalized spacial score (nSPS) is 13.7. The van der Waals surface area contributed by atoms with E-state index in [1.165, 1.54) is 6.08 Å². The maximum atomic E-state index is 12.5. The maximum Gasteiger partial charge on any atom is 0.213 e. The van der Waals surface area contributed by atoms with E-state index in [4.69, 9.17) is 0 Å². The molecule has 0 saturated carbocycles. The quantitative estimate of drug-likeness (QED) is 0.914. The fourth-order valence-electron chi connectivity index (χ4n) is 2.33. The summed E-state index contributed by atoms with van der Waals surface area (Å²) in [6.45, 7) is 3.41. The van der Waals surface area contributed by atoms with Crippen LogP contribution in [-0.4, -0.2) is 21.5 Å². The standard InChI is InChI=1S/C16H13N3O2/c1-9-14-15(18-10(2)17-9)13(20)8-12(16(14)21)19-11-6-4-3-5-7-11/h3-8,19H,1-2H3. The highest BCUT2D eigenvalue weighted by atomic mass is 16.1. The van der Waals surface area contributed by atoms with Crippen LogP contribution in [0.5, 0.6) is 0 Å². The molecule has 0 bridgehead atoms. The first kappa shape index (κ1) is 13.2. The summed E-state index contributed by atoms with van der Waals surface area (Å²) in [7, 11) is 0. The Bertz CT molecular complexity index is 780. The summed E-state index contributed by atoms with van der Waals surface area (Å²) in [6.07, 6.45) is 1.30. The summed E-state index contributed by atoms with van der Waals surface area (Å²) < 4.78 is 0. The number of hydrogen-bond donors (Lipinski definition) is 1. The lowest BCUT2D eigenvalue weighted by molar-refractivity contribution is 0.0980. The molecule has 1 aliphatic carbocycles. The SMILES string of the molecule is Cc1nc(C)c2c(n1)C(=O)C=C(Nc1ccccc1)C2=O. The van der Waals surface area contributed by atoms with Crippen LogP contribution >= 0.6 is 0 Å². The number of Topliss-reactive ketones (excluding diaryl/α,β-unsaturated/α-hetero) is 1. The molecule has 0 fully saturated rings. The van der Waals surface area contributed by atoms with Crippen LogP contribution in [0.15, 0.2) is 42.1 Å². The molecule has 1 aromatic carbocycles. The van der Waals surface area contributed by atoms with E-state index in [-0.39, 0.29) is 28.5 Å². The van der Waals surface area contributed by atoms with Crippen LogP contribution < -0.4 is 5.32 Å². The van der Waals surface area contributed by atoms with Crippen molar-refractivity contribution in [3.05, 3.63) is 64.9 Å². The second-order valence-electron chi connectivity index (χ2n) is 4.82. The first-order valence-electron chi connectivity index (χ1n) is 6.54. The molecule has 1 heterocycles. The molecule has 1 aromatic heterocycles. The third kappa shape index (κ3) is 2.33. The molecule has 1 aliphatic rings. The van der Waals surface area contributed by atoms with Gasteiger partial charge in [0.2, 0.25) is 11.6 Å². The van der Waals surface area contributed by atoms with E-state index in [9.17, 15) is 9.59 Å². The van der Waals surface area contributed by atoms with Crippen LogP contribution in [-0.2, 0) is 0 Å². The minimum absolute atomic E-state index is 0.184. The number of hydrogen-bond acceptors (Lipinski definition) is 5. The molecule has 104 valence electrons. The fourth-order valence-corrected chi connectivity index (χ4v) is 2.33. The van der Waals surface area contributed by atoms with Crippen LogP contribution in [0.2, 0.25) is 0 Å². The van der Waals surface area contributed by atoms with E-state index >= 15 is 0 Å². The number of ketones is 2. The maximum absolute atomic E-state index is 12.5. The molecule has 0 atom stereocenters. The third-order valence-corrected chi connectivity index (χ3v) is 3.24. The van der Waals surface area contributed by atoms with Gasteiger partial charge in [0.1, 0.15) is 11.5 Å². The van der Waals surface area contributed by atoms with E-state index in [0.717, 1.165) is 5.69 Å². The van der Waals surface area contributed by atoms with Gasteiger partial charge in [0, 0.05) is 11.8 Å². The average Bonchev–Trinajstić information content (AvgIpc) is 2.45. The van der Waals surface area contributed by atoms with Crippen molar-refractivity contribution in [3.63, 3.8) is 0 Å². The summed E-state index contributed by atoms with van der Waals surface area (Å²) >= 11 is 0. The van der Waals surface area contributed by atoms with E-state index in [1.807, 2.05) is 30.3 Å². The number of nitrogens with one attached hydrogen (secondary N) is 1. The number of fused-ring (bicyclic) bond motifs is 1. The molecule has 3 rings (SSSR count). The number of allylic oxidation sites excluding steroid dienone is 2. The van der Waals surface area contributed by atoms with Gasteiger partial charge < -0.3 is 5.32 Å². The Kier molecular flexibility index (Phi) is 3.10. The predicted octanol–water partition coefficient (Wildman–Crippen LogP) is 2.47. The molecular weight excluding hydrogens is 266 g/mol. The van der Waals surface area contributed by atoms with Gasteiger partial charge in [-0.2, -0.15) is 0 Å². The average molecular weight is 279 g/mol. The van der Waals surface area contributed by atoms with Crippen molar-refractivity contribution in [2.75, 3.05) is 5.32 Å². The number of benzene rings is 1. The van der Waals surface area contributed by atoms with Crippen molar-refractivity contribution in [1.82, 2.24) is 9.97 Å². The molecule has 0 radical (unpaired) electrons. The van der Waals surface area contributed by atoms with Crippen molar-refractivity contribution in [2.24, 2.45) is 0 Å². The lowest BCUT2D eigenvalue weighted by atomic mass is 9.95. The zero-order chi connectivity index (χ0) is 15.0. The predicted molar refractivity (Wildman–Crippen MR) is 78.3 cm³/mol. The third-order valence-electron chi connectivity index (χ3n) is 3.24. The van der Waals surface area contributed by atoms with Gasteiger partial charge in [0.25, 0.3) is 0 Å². The fraction of sp³-hybridized carbons (Fsp3) is 0.125. The number of para-hydroxylation sites is 1. The highest BCUT2D eigenvalue weighted by molar-refractivity contribution is 6.25. The van der Waals surface area contributed by atoms with Gasteiger partial charge >= 0.3 is 0 Å². The molecule has 0 spiro atoms. The largest absolute Gasteiger partial charge is 0.352 e. The van der Waals surface area contributed by atoms with Crippen molar-refractivity contribution in [2.45, 2.75) is 13.8 Å². The van der Waals surface area contributed by atoms with Crippen LogP contribution in [0.25, 0.3) is 0 Å². The Morgan fingerprint density at radius 2 is 1.71 bits per heavy atom. The van der Waals surface area contributed by atoms with Crippen LogP contribution in [0.3, 0.4) is 0 Å². The minimum atomic E-state index is -0.281. The molecule has 21 heavy (non-hydrogen) atoms. The monoisotopic (exact) mass is 279 g/mol. The highest BCUT2D eigenvalue weighted by Crippen LogP contribution is 2.23. The van der Waals surface area contributed by atoms with Gasteiger partial charge in [0.05, 0.1) is 17.0 Å². The van der Waals surface area contributed by atoms with Gasteiger partial charge in [-0.25, -0.2) is 9.97 Å². The van der Waals surface area contributed by atoms with Crippen LogP contribution in [0.4, 0.5) is 5.69 Å². The number of rotatable bonds is 2. The van der Waals surface area contributed by atoms with Gasteiger partial charge in [-0.15, -0.1) is 0 Å². The molecule has 5 nitrogen and oxygen atoms in total. The first-order valence-corrected chi connectivity index (χ1v) is 6.54. The van der Waals surface area contributed by atoms with E-state index < -0.39 is 0 Å². The van der Waals surface area contributed by atoms with Gasteiger partial charge in [-0.3, -0.25) is 9.59 Å². The Morgan fingerprint density at radius 1 is 1.00 bits per heavy atom. The number of aryl methyl sites for hydroxylation is 2. The van der Waals surface area contributed by atoms with Crippen molar-refractivity contribution < 1.29 is 9.59 Å². The Balaban J connectivity index is 2.03. The molecule has 5 heteroatoms. The Labute approximate surface area is 121 Å². The van der Waals surface area contributed by atoms with Crippen molar-refractivity contribution >= 4 is 17.3 Å². The van der Waals surface area contributed by atoms with E-state index in [2.05, 4.69) is 15.3 Å². The van der Waals surface area contributed by atoms with E-state index in [0.29, 0.717) is 11.5 Å². The van der Waals surface area contributed by atoms with Crippen molar-refractivity contribution in [3.8, 4) is 0 Å². The summed E-state index contributed by atoms with van der Waals surface area (Å²) in [5.41, 5.74) is 1.99. The molecule has 0 amide bonds. The second kappa shape index (κ2) is 4.94. The zero-order valence-electron chi connectivity index (χ0n) is 11.7. The summed E-state index contributed by atoms with van der Waals surface area (Å²) in [6, 6.07) is 9.23. The zero-order valence-corrected chi connectivity index (χ0v) is 11.7. The van der Waals surface area contributed by atoms with Crippen molar-refractivity contribution in [1.29, 1.82) is 0 Å². The first-order chi connectivity index (χ1) is 10.1. The van der Waals surface area contributed by atoms with Gasteiger partial charge in [0.15, 0.2) is 0 Å². The van der Waals surface area contributed by atoms with Gasteiger partial charge in [-0.1, -0.05) is 18.2 Å². The summed E-state index contributed by atoms with van der Waals surface area (Å²) in [4.78, 5) is 33.0. The number of carbonyl (C=O) groups excluding carboxylic acids is 2. The molecule has 2 aromatic rings. The number of anilines is 1. The van der Waals surface area contributed by atoms with Gasteiger partial charge in [-0.05, 0) is 26.0 Å². The number of nitrogens with zero attached hydrogens (tertiary/aromatic N) is 2. The smallest absolute Gasteiger partial charge is 0.213 e. The number of carbonyl (C=O) groups is 2. The molecule has 0 unspecified atom stereocenters. The minimum Gasteiger partial charge on any atom is -0.352 e. The lowest BCUT2D eigenvalue weighted by Crippen LogP contribution is -2.25. The topological polar surface area (TPSA) is 72.0 Å². The summed E-state index contributed by atoms with van der Waals surface area (Å²) in [5.74, 6) is -0.0529. The van der Waals surface area contributed by atoms with Crippen LogP contribution in [0.1, 0.15) is 32.4 Å². The molecular formula is C16H13N3O2. The summed E-state index contributed by atoms with van der Waals surface area (Å²) in [5, 5.41) is 2.98. The lowest BCUT2D eigenvalue weighted by Gasteiger charge is -2.17. The van der Waals surface area contributed by atoms with Crippen LogP contribution in [0, 0.1) is 13.8 Å². The number of aromatic nitrogens is 2. The molecule has 0 aliphatic heterocycles. The Morgan fingerprint density at radius 3 is 2.43 bits per heavy atom. The molecule has 0 saturated heterocycles. The highest BCUT2D eigenvalue weighted by Gasteiger charge is 2.29. The Hall–Kier alpha value is -2.82. The second-order valence-corrected chi connectivity index (χ2v) is 4.82. The van der Waals surface area contributed by atoms with E-state index in [1.54, 1.807) is 13.8 Å².